The molecule has 0 aliphatic heterocycles. The van der Waals surface area contributed by atoms with Crippen LogP contribution in [-0.4, -0.2) is 0 Å². The van der Waals surface area contributed by atoms with Crippen molar-refractivity contribution in [2.24, 2.45) is 0 Å². The Morgan fingerprint density at radius 2 is 1.00 bits per heavy atom. The van der Waals surface area contributed by atoms with E-state index in [2.05, 4.69) is 66.8 Å². The second-order valence-corrected chi connectivity index (χ2v) is 9.74. The van der Waals surface area contributed by atoms with E-state index < -0.39 is 0 Å². The average Bonchev–Trinajstić information content (AvgIpc) is 2.54. The van der Waals surface area contributed by atoms with Crippen LogP contribution in [0, 0.1) is 0 Å². The van der Waals surface area contributed by atoms with E-state index in [1.165, 1.54) is 38.5 Å². The lowest BCUT2D eigenvalue weighted by Gasteiger charge is -2.30. The molecule has 0 aromatic heterocycles. The lowest BCUT2D eigenvalue weighted by atomic mass is 9.75. The number of aryl methyl sites for hydroxylation is 2. The molecule has 0 atom stereocenters. The largest absolute Gasteiger partial charge is 0.103 e. The van der Waals surface area contributed by atoms with Crippen LogP contribution in [0.5, 0.6) is 0 Å². The van der Waals surface area contributed by atoms with Crippen molar-refractivity contribution in [2.45, 2.75) is 104 Å². The maximum atomic E-state index is 3.86. The third-order valence-electron chi connectivity index (χ3n) is 5.15. The van der Waals surface area contributed by atoms with E-state index in [4.69, 9.17) is 0 Å². The maximum absolute atomic E-state index is 3.86. The quantitative estimate of drug-likeness (QED) is 0.294. The summed E-state index contributed by atoms with van der Waals surface area (Å²) < 4.78 is 0. The molecule has 1 aromatic carbocycles. The fraction of sp³-hybridized carbons (Fsp3) is 0.615. The molecule has 0 aliphatic rings. The summed E-state index contributed by atoms with van der Waals surface area (Å²) >= 11 is 0. The second kappa shape index (κ2) is 10.1. The van der Waals surface area contributed by atoms with Gasteiger partial charge in [-0.15, -0.1) is 13.2 Å². The van der Waals surface area contributed by atoms with Gasteiger partial charge in [0.05, 0.1) is 0 Å². The summed E-state index contributed by atoms with van der Waals surface area (Å²) in [7, 11) is 0. The lowest BCUT2D eigenvalue weighted by molar-refractivity contribution is 0.558. The Balaban J connectivity index is 3.22. The number of benzene rings is 1. The highest BCUT2D eigenvalue weighted by Gasteiger charge is 2.24. The van der Waals surface area contributed by atoms with Crippen molar-refractivity contribution in [2.75, 3.05) is 0 Å². The van der Waals surface area contributed by atoms with Gasteiger partial charge in [-0.2, -0.15) is 0 Å². The number of hydrogen-bond donors (Lipinski definition) is 0. The van der Waals surface area contributed by atoms with Gasteiger partial charge < -0.3 is 0 Å². The molecule has 0 fully saturated rings. The van der Waals surface area contributed by atoms with Gasteiger partial charge in [0.1, 0.15) is 0 Å². The predicted molar refractivity (Wildman–Crippen MR) is 119 cm³/mol. The molecule has 0 unspecified atom stereocenters. The fourth-order valence-electron chi connectivity index (χ4n) is 3.71. The molecule has 1 rings (SSSR count). The first kappa shape index (κ1) is 22.7. The van der Waals surface area contributed by atoms with Gasteiger partial charge in [0.25, 0.3) is 0 Å². The summed E-state index contributed by atoms with van der Waals surface area (Å²) in [6.07, 6.45) is 13.7. The van der Waals surface area contributed by atoms with Crippen molar-refractivity contribution in [3.8, 4) is 0 Å². The summed E-state index contributed by atoms with van der Waals surface area (Å²) in [5.74, 6) is 0. The van der Waals surface area contributed by atoms with E-state index in [0.717, 1.165) is 12.8 Å². The van der Waals surface area contributed by atoms with Crippen molar-refractivity contribution in [3.63, 3.8) is 0 Å². The van der Waals surface area contributed by atoms with Gasteiger partial charge in [-0.05, 0) is 84.5 Å². The average molecular weight is 355 g/mol. The van der Waals surface area contributed by atoms with E-state index in [-0.39, 0.29) is 10.8 Å². The summed E-state index contributed by atoms with van der Waals surface area (Å²) in [6, 6.07) is 5.08. The summed E-state index contributed by atoms with van der Waals surface area (Å²) in [5, 5.41) is 0. The monoisotopic (exact) mass is 354 g/mol. The van der Waals surface area contributed by atoms with E-state index >= 15 is 0 Å². The minimum Gasteiger partial charge on any atom is -0.103 e. The number of allylic oxidation sites excluding steroid dienone is 2. The number of rotatable bonds is 10. The maximum Gasteiger partial charge on any atom is -0.0129 e. The Hall–Kier alpha value is -1.30. The minimum atomic E-state index is 0.194. The van der Waals surface area contributed by atoms with Gasteiger partial charge in [0.2, 0.25) is 0 Å². The van der Waals surface area contributed by atoms with Crippen LogP contribution in [-0.2, 0) is 23.7 Å². The Labute approximate surface area is 163 Å². The molecular formula is C26H42. The van der Waals surface area contributed by atoms with Crippen molar-refractivity contribution >= 4 is 0 Å². The van der Waals surface area contributed by atoms with Crippen LogP contribution in [0.3, 0.4) is 0 Å². The molecule has 1 aromatic rings. The molecule has 26 heavy (non-hydrogen) atoms. The Morgan fingerprint density at radius 3 is 1.27 bits per heavy atom. The lowest BCUT2D eigenvalue weighted by Crippen LogP contribution is -2.20. The van der Waals surface area contributed by atoms with Crippen LogP contribution in [0.25, 0.3) is 0 Å². The molecule has 0 heteroatoms. The van der Waals surface area contributed by atoms with Crippen molar-refractivity contribution in [1.82, 2.24) is 0 Å². The first-order valence-corrected chi connectivity index (χ1v) is 10.5. The first-order valence-electron chi connectivity index (χ1n) is 10.5. The second-order valence-electron chi connectivity index (χ2n) is 9.74. The molecular weight excluding hydrogens is 312 g/mol. The summed E-state index contributed by atoms with van der Waals surface area (Å²) in [4.78, 5) is 0. The summed E-state index contributed by atoms with van der Waals surface area (Å²) in [5.41, 5.74) is 6.59. The molecule has 0 saturated heterocycles. The Morgan fingerprint density at radius 1 is 0.654 bits per heavy atom. The van der Waals surface area contributed by atoms with Crippen LogP contribution < -0.4 is 0 Å². The van der Waals surface area contributed by atoms with Crippen LogP contribution >= 0.6 is 0 Å². The zero-order valence-corrected chi connectivity index (χ0v) is 18.4. The molecule has 0 bridgehead atoms. The van der Waals surface area contributed by atoms with E-state index in [0.29, 0.717) is 0 Å². The molecule has 0 saturated carbocycles. The standard InChI is InChI=1S/C26H42/c1-9-11-13-15-17-21-19-24(26(6,7)8)22(18-16-14-12-10-2)20-23(21)25(3,4)5/h9-10,19-20H,1-2,11-18H2,3-8H3. The SMILES string of the molecule is C=CCCCCc1cc(C(C)(C)C)c(CCCCC=C)cc1C(C)(C)C. The van der Waals surface area contributed by atoms with Crippen molar-refractivity contribution in [3.05, 3.63) is 59.7 Å². The third kappa shape index (κ3) is 7.14. The zero-order valence-electron chi connectivity index (χ0n) is 18.4. The van der Waals surface area contributed by atoms with Gasteiger partial charge in [0, 0.05) is 0 Å². The molecule has 0 spiro atoms. The van der Waals surface area contributed by atoms with Crippen LogP contribution in [0.1, 0.15) is 102 Å². The predicted octanol–water partition coefficient (Wildman–Crippen LogP) is 8.08. The highest BCUT2D eigenvalue weighted by atomic mass is 14.3. The highest BCUT2D eigenvalue weighted by molar-refractivity contribution is 5.45. The normalized spacial score (nSPS) is 12.2. The molecule has 0 radical (unpaired) electrons. The molecule has 0 nitrogen and oxygen atoms in total. The van der Waals surface area contributed by atoms with Crippen LogP contribution in [0.15, 0.2) is 37.4 Å². The number of unbranched alkanes of at least 4 members (excludes halogenated alkanes) is 4. The van der Waals surface area contributed by atoms with Gasteiger partial charge in [-0.25, -0.2) is 0 Å². The van der Waals surface area contributed by atoms with Gasteiger partial charge in [-0.1, -0.05) is 65.8 Å². The van der Waals surface area contributed by atoms with Crippen molar-refractivity contribution < 1.29 is 0 Å². The van der Waals surface area contributed by atoms with E-state index in [1.54, 1.807) is 22.3 Å². The minimum absolute atomic E-state index is 0.194. The van der Waals surface area contributed by atoms with Crippen LogP contribution in [0.2, 0.25) is 0 Å². The third-order valence-corrected chi connectivity index (χ3v) is 5.15. The molecule has 0 aliphatic carbocycles. The molecule has 0 N–H and O–H groups in total. The van der Waals surface area contributed by atoms with Crippen molar-refractivity contribution in [1.29, 1.82) is 0 Å². The Bertz CT molecular complexity index is 522. The molecule has 0 heterocycles. The Kier molecular flexibility index (Phi) is 8.87. The number of hydrogen-bond acceptors (Lipinski definition) is 0. The molecule has 146 valence electrons. The zero-order chi connectivity index (χ0) is 19.8. The van der Waals surface area contributed by atoms with E-state index in [9.17, 15) is 0 Å². The van der Waals surface area contributed by atoms with E-state index in [1.807, 2.05) is 12.2 Å². The van der Waals surface area contributed by atoms with Crippen LogP contribution in [0.4, 0.5) is 0 Å². The highest BCUT2D eigenvalue weighted by Crippen LogP contribution is 2.35. The first-order chi connectivity index (χ1) is 12.1. The van der Waals surface area contributed by atoms with Gasteiger partial charge in [0.15, 0.2) is 0 Å². The topological polar surface area (TPSA) is 0 Å². The fourth-order valence-corrected chi connectivity index (χ4v) is 3.71. The smallest absolute Gasteiger partial charge is 0.0129 e. The van der Waals surface area contributed by atoms with Gasteiger partial charge in [-0.3, -0.25) is 0 Å². The summed E-state index contributed by atoms with van der Waals surface area (Å²) in [6.45, 7) is 21.8. The van der Waals surface area contributed by atoms with Gasteiger partial charge >= 0.3 is 0 Å². The molecule has 0 amide bonds.